The number of hydrogen-bond donors (Lipinski definition) is 2. The molecule has 1 aromatic carbocycles. The van der Waals surface area contributed by atoms with Crippen molar-refractivity contribution in [2.75, 3.05) is 13.1 Å². The third kappa shape index (κ3) is 3.05. The Balaban J connectivity index is 1.56. The molecule has 138 valence electrons. The van der Waals surface area contributed by atoms with Gasteiger partial charge >= 0.3 is 5.97 Å². The van der Waals surface area contributed by atoms with Crippen LogP contribution in [0.2, 0.25) is 0 Å². The maximum Gasteiger partial charge on any atom is 0.352 e. The number of piperidine rings is 1. The van der Waals surface area contributed by atoms with Crippen LogP contribution in [0.4, 0.5) is 0 Å². The van der Waals surface area contributed by atoms with Gasteiger partial charge in [-0.3, -0.25) is 0 Å². The summed E-state index contributed by atoms with van der Waals surface area (Å²) in [6.07, 6.45) is 6.48. The van der Waals surface area contributed by atoms with Crippen molar-refractivity contribution in [3.8, 4) is 0 Å². The lowest BCUT2D eigenvalue weighted by Crippen LogP contribution is -2.39. The molecule has 0 spiro atoms. The van der Waals surface area contributed by atoms with Crippen LogP contribution < -0.4 is 0 Å². The van der Waals surface area contributed by atoms with Crippen LogP contribution in [0.15, 0.2) is 35.4 Å². The van der Waals surface area contributed by atoms with Crippen molar-refractivity contribution >= 4 is 16.0 Å². The molecule has 0 bridgehead atoms. The molecular weight excluding hydrogens is 352 g/mol. The molecule has 1 aliphatic carbocycles. The number of sulfonamides is 1. The van der Waals surface area contributed by atoms with Gasteiger partial charge in [0, 0.05) is 19.3 Å². The van der Waals surface area contributed by atoms with E-state index in [0.717, 1.165) is 25.7 Å². The summed E-state index contributed by atoms with van der Waals surface area (Å²) in [5, 5.41) is 9.00. The predicted octanol–water partition coefficient (Wildman–Crippen LogP) is 2.77. The Bertz CT molecular complexity index is 948. The van der Waals surface area contributed by atoms with Crippen molar-refractivity contribution in [2.45, 2.75) is 42.9 Å². The van der Waals surface area contributed by atoms with Gasteiger partial charge in [0.05, 0.1) is 0 Å². The Hall–Kier alpha value is -2.12. The van der Waals surface area contributed by atoms with E-state index in [1.165, 1.54) is 39.7 Å². The van der Waals surface area contributed by atoms with E-state index < -0.39 is 16.0 Å². The predicted molar refractivity (Wildman–Crippen MR) is 97.0 cm³/mol. The lowest BCUT2D eigenvalue weighted by Gasteiger charge is -2.32. The SMILES string of the molecule is O=C(O)c1cc(S(=O)(=O)N2CCCC(c3ccc4c(c3)CCC4)C2)c[nH]1. The summed E-state index contributed by atoms with van der Waals surface area (Å²) in [4.78, 5) is 13.5. The normalized spacial score (nSPS) is 20.8. The zero-order valence-corrected chi connectivity index (χ0v) is 15.3. The van der Waals surface area contributed by atoms with Crippen LogP contribution in [0.25, 0.3) is 0 Å². The van der Waals surface area contributed by atoms with E-state index >= 15 is 0 Å². The van der Waals surface area contributed by atoms with Crippen LogP contribution in [0.3, 0.4) is 0 Å². The number of hydrogen-bond acceptors (Lipinski definition) is 3. The van der Waals surface area contributed by atoms with Gasteiger partial charge in [-0.25, -0.2) is 13.2 Å². The van der Waals surface area contributed by atoms with E-state index in [1.807, 2.05) is 0 Å². The largest absolute Gasteiger partial charge is 0.477 e. The Labute approximate surface area is 152 Å². The quantitative estimate of drug-likeness (QED) is 0.861. The van der Waals surface area contributed by atoms with Crippen LogP contribution in [-0.4, -0.2) is 41.9 Å². The van der Waals surface area contributed by atoms with E-state index in [-0.39, 0.29) is 16.5 Å². The first-order valence-electron chi connectivity index (χ1n) is 8.99. The molecule has 26 heavy (non-hydrogen) atoms. The van der Waals surface area contributed by atoms with Gasteiger partial charge in [-0.15, -0.1) is 0 Å². The lowest BCUT2D eigenvalue weighted by atomic mass is 9.90. The van der Waals surface area contributed by atoms with Gasteiger partial charge in [0.1, 0.15) is 10.6 Å². The number of fused-ring (bicyclic) bond motifs is 1. The number of aromatic carboxylic acids is 1. The van der Waals surface area contributed by atoms with E-state index in [9.17, 15) is 13.2 Å². The van der Waals surface area contributed by atoms with Crippen molar-refractivity contribution in [3.05, 3.63) is 52.8 Å². The summed E-state index contributed by atoms with van der Waals surface area (Å²) in [5.41, 5.74) is 3.92. The van der Waals surface area contributed by atoms with Crippen molar-refractivity contribution in [2.24, 2.45) is 0 Å². The second-order valence-corrected chi connectivity index (χ2v) is 9.08. The molecule has 2 aromatic rings. The summed E-state index contributed by atoms with van der Waals surface area (Å²) < 4.78 is 27.3. The van der Waals surface area contributed by atoms with Gasteiger partial charge in [-0.1, -0.05) is 18.2 Å². The van der Waals surface area contributed by atoms with E-state index in [4.69, 9.17) is 5.11 Å². The molecule has 1 unspecified atom stereocenters. The number of carboxylic acid groups (broad SMARTS) is 1. The lowest BCUT2D eigenvalue weighted by molar-refractivity contribution is 0.0691. The van der Waals surface area contributed by atoms with Gasteiger partial charge < -0.3 is 10.1 Å². The Morgan fingerprint density at radius 1 is 1.15 bits per heavy atom. The zero-order valence-electron chi connectivity index (χ0n) is 14.4. The Kier molecular flexibility index (Phi) is 4.36. The van der Waals surface area contributed by atoms with Crippen LogP contribution in [0.5, 0.6) is 0 Å². The number of aryl methyl sites for hydroxylation is 2. The number of rotatable bonds is 4. The molecule has 4 rings (SSSR count). The van der Waals surface area contributed by atoms with Crippen molar-refractivity contribution in [1.82, 2.24) is 9.29 Å². The zero-order chi connectivity index (χ0) is 18.3. The summed E-state index contributed by atoms with van der Waals surface area (Å²) >= 11 is 0. The molecule has 0 amide bonds. The minimum atomic E-state index is -3.69. The molecular formula is C19H22N2O4S. The molecule has 2 heterocycles. The topological polar surface area (TPSA) is 90.5 Å². The number of carboxylic acids is 1. The highest BCUT2D eigenvalue weighted by Crippen LogP contribution is 2.33. The summed E-state index contributed by atoms with van der Waals surface area (Å²) in [6.45, 7) is 0.909. The molecule has 1 aromatic heterocycles. The number of aromatic nitrogens is 1. The fourth-order valence-electron chi connectivity index (χ4n) is 4.07. The van der Waals surface area contributed by atoms with Crippen LogP contribution in [0, 0.1) is 0 Å². The second-order valence-electron chi connectivity index (χ2n) is 7.14. The third-order valence-electron chi connectivity index (χ3n) is 5.50. The van der Waals surface area contributed by atoms with Crippen LogP contribution >= 0.6 is 0 Å². The number of benzene rings is 1. The van der Waals surface area contributed by atoms with Crippen molar-refractivity contribution in [3.63, 3.8) is 0 Å². The van der Waals surface area contributed by atoms with Gasteiger partial charge in [0.15, 0.2) is 0 Å². The second kappa shape index (κ2) is 6.55. The van der Waals surface area contributed by atoms with Gasteiger partial charge in [0.2, 0.25) is 10.0 Å². The highest BCUT2D eigenvalue weighted by atomic mass is 32.2. The smallest absolute Gasteiger partial charge is 0.352 e. The monoisotopic (exact) mass is 374 g/mol. The first-order valence-corrected chi connectivity index (χ1v) is 10.4. The Morgan fingerprint density at radius 2 is 1.96 bits per heavy atom. The number of carbonyl (C=O) groups is 1. The van der Waals surface area contributed by atoms with Gasteiger partial charge in [-0.05, 0) is 60.8 Å². The van der Waals surface area contributed by atoms with E-state index in [2.05, 4.69) is 23.2 Å². The first-order chi connectivity index (χ1) is 12.4. The van der Waals surface area contributed by atoms with E-state index in [0.29, 0.717) is 13.1 Å². The number of nitrogens with one attached hydrogen (secondary N) is 1. The molecule has 2 aliphatic rings. The molecule has 2 N–H and O–H groups in total. The minimum absolute atomic E-state index is 0.0181. The summed E-state index contributed by atoms with van der Waals surface area (Å²) in [5.74, 6) is -0.983. The fraction of sp³-hybridized carbons (Fsp3) is 0.421. The number of nitrogens with zero attached hydrogens (tertiary/aromatic N) is 1. The first kappa shape index (κ1) is 17.3. The average Bonchev–Trinajstić information content (AvgIpc) is 3.31. The summed E-state index contributed by atoms with van der Waals surface area (Å²) in [6, 6.07) is 7.78. The molecule has 1 aliphatic heterocycles. The van der Waals surface area contributed by atoms with Gasteiger partial charge in [-0.2, -0.15) is 4.31 Å². The molecule has 7 heteroatoms. The highest BCUT2D eigenvalue weighted by Gasteiger charge is 2.32. The van der Waals surface area contributed by atoms with Crippen molar-refractivity contribution in [1.29, 1.82) is 0 Å². The summed E-state index contributed by atoms with van der Waals surface area (Å²) in [7, 11) is -3.69. The number of H-pyrrole nitrogens is 1. The molecule has 1 fully saturated rings. The standard InChI is InChI=1S/C19H22N2O4S/c22-19(23)18-10-17(11-20-18)26(24,25)21-8-2-5-16(12-21)15-7-6-13-3-1-4-14(13)9-15/h6-7,9-11,16,20H,1-5,8,12H2,(H,22,23). The Morgan fingerprint density at radius 3 is 2.73 bits per heavy atom. The molecule has 0 saturated carbocycles. The molecule has 0 radical (unpaired) electrons. The van der Waals surface area contributed by atoms with Crippen LogP contribution in [0.1, 0.15) is 52.4 Å². The highest BCUT2D eigenvalue weighted by molar-refractivity contribution is 7.89. The molecule has 1 saturated heterocycles. The van der Waals surface area contributed by atoms with Crippen molar-refractivity contribution < 1.29 is 18.3 Å². The van der Waals surface area contributed by atoms with Crippen LogP contribution in [-0.2, 0) is 22.9 Å². The third-order valence-corrected chi connectivity index (χ3v) is 7.35. The molecule has 1 atom stereocenters. The number of aromatic amines is 1. The van der Waals surface area contributed by atoms with E-state index in [1.54, 1.807) is 0 Å². The van der Waals surface area contributed by atoms with Gasteiger partial charge in [0.25, 0.3) is 0 Å². The fourth-order valence-corrected chi connectivity index (χ4v) is 5.59. The minimum Gasteiger partial charge on any atom is -0.477 e. The maximum absolute atomic E-state index is 12.9. The maximum atomic E-state index is 12.9. The molecule has 6 nitrogen and oxygen atoms in total. The average molecular weight is 374 g/mol.